The molecular weight excluding hydrogens is 212 g/mol. The van der Waals surface area contributed by atoms with Crippen molar-refractivity contribution in [2.45, 2.75) is 20.3 Å². The van der Waals surface area contributed by atoms with Gasteiger partial charge >= 0.3 is 5.63 Å². The summed E-state index contributed by atoms with van der Waals surface area (Å²) in [5.41, 5.74) is 2.12. The number of hydrogen-bond acceptors (Lipinski definition) is 2. The highest BCUT2D eigenvalue weighted by Gasteiger charge is 2.08. The van der Waals surface area contributed by atoms with Gasteiger partial charge in [0.1, 0.15) is 10.6 Å². The topological polar surface area (TPSA) is 30.2 Å². The number of benzene rings is 1. The second-order valence-corrected chi connectivity index (χ2v) is 3.89. The monoisotopic (exact) mass is 222 g/mol. The molecule has 2 rings (SSSR count). The molecule has 1 aromatic carbocycles. The summed E-state index contributed by atoms with van der Waals surface area (Å²) >= 11 is 5.85. The second-order valence-electron chi connectivity index (χ2n) is 3.51. The van der Waals surface area contributed by atoms with E-state index in [0.29, 0.717) is 5.58 Å². The van der Waals surface area contributed by atoms with Crippen LogP contribution in [0.15, 0.2) is 27.4 Å². The minimum Gasteiger partial charge on any atom is -0.422 e. The molecule has 0 amide bonds. The van der Waals surface area contributed by atoms with Crippen molar-refractivity contribution in [3.63, 3.8) is 0 Å². The van der Waals surface area contributed by atoms with Gasteiger partial charge in [-0.1, -0.05) is 24.6 Å². The van der Waals surface area contributed by atoms with E-state index in [2.05, 4.69) is 6.92 Å². The van der Waals surface area contributed by atoms with Crippen molar-refractivity contribution >= 4 is 22.6 Å². The summed E-state index contributed by atoms with van der Waals surface area (Å²) in [6.45, 7) is 3.91. The smallest absolute Gasteiger partial charge is 0.355 e. The van der Waals surface area contributed by atoms with Crippen molar-refractivity contribution in [2.24, 2.45) is 0 Å². The fourth-order valence-electron chi connectivity index (χ4n) is 1.60. The molecule has 2 aromatic rings. The van der Waals surface area contributed by atoms with Gasteiger partial charge in [-0.3, -0.25) is 0 Å². The molecule has 78 valence electrons. The Kier molecular flexibility index (Phi) is 2.53. The summed E-state index contributed by atoms with van der Waals surface area (Å²) in [4.78, 5) is 11.3. The Balaban J connectivity index is 2.87. The van der Waals surface area contributed by atoms with Crippen molar-refractivity contribution in [1.82, 2.24) is 0 Å². The van der Waals surface area contributed by atoms with E-state index in [4.69, 9.17) is 16.0 Å². The van der Waals surface area contributed by atoms with Gasteiger partial charge in [0.25, 0.3) is 0 Å². The lowest BCUT2D eigenvalue weighted by molar-refractivity contribution is 0.560. The molecule has 0 aliphatic carbocycles. The highest BCUT2D eigenvalue weighted by atomic mass is 35.5. The van der Waals surface area contributed by atoms with Crippen LogP contribution in [0.2, 0.25) is 5.02 Å². The molecule has 1 aromatic heterocycles. The molecule has 0 spiro atoms. The third-order valence-electron chi connectivity index (χ3n) is 2.57. The maximum atomic E-state index is 11.3. The first kappa shape index (κ1) is 10.2. The highest BCUT2D eigenvalue weighted by molar-refractivity contribution is 6.31. The second kappa shape index (κ2) is 3.70. The van der Waals surface area contributed by atoms with Gasteiger partial charge in [0, 0.05) is 5.39 Å². The van der Waals surface area contributed by atoms with E-state index in [1.54, 1.807) is 0 Å². The van der Waals surface area contributed by atoms with Gasteiger partial charge in [-0.25, -0.2) is 4.79 Å². The maximum Gasteiger partial charge on any atom is 0.355 e. The molecule has 0 aliphatic rings. The number of rotatable bonds is 1. The summed E-state index contributed by atoms with van der Waals surface area (Å²) < 4.78 is 5.09. The van der Waals surface area contributed by atoms with Crippen molar-refractivity contribution in [1.29, 1.82) is 0 Å². The largest absolute Gasteiger partial charge is 0.422 e. The zero-order valence-electron chi connectivity index (χ0n) is 8.63. The lowest BCUT2D eigenvalue weighted by Crippen LogP contribution is -2.01. The fourth-order valence-corrected chi connectivity index (χ4v) is 1.74. The lowest BCUT2D eigenvalue weighted by Gasteiger charge is -2.04. The number of fused-ring (bicyclic) bond motifs is 1. The first-order valence-electron chi connectivity index (χ1n) is 4.85. The van der Waals surface area contributed by atoms with E-state index in [-0.39, 0.29) is 5.02 Å². The summed E-state index contributed by atoms with van der Waals surface area (Å²) in [6, 6.07) is 5.79. The summed E-state index contributed by atoms with van der Waals surface area (Å²) in [7, 11) is 0. The van der Waals surface area contributed by atoms with Crippen molar-refractivity contribution < 1.29 is 4.42 Å². The Hall–Kier alpha value is -1.28. The number of hydrogen-bond donors (Lipinski definition) is 0. The van der Waals surface area contributed by atoms with Gasteiger partial charge in [-0.15, -0.1) is 0 Å². The van der Waals surface area contributed by atoms with E-state index >= 15 is 0 Å². The lowest BCUT2D eigenvalue weighted by atomic mass is 10.1. The number of halogens is 1. The molecule has 0 aliphatic heterocycles. The van der Waals surface area contributed by atoms with E-state index in [0.717, 1.165) is 17.4 Å². The van der Waals surface area contributed by atoms with E-state index in [1.807, 2.05) is 25.1 Å². The molecule has 0 N–H and O–H groups in total. The average molecular weight is 223 g/mol. The molecule has 0 saturated carbocycles. The normalized spacial score (nSPS) is 10.9. The Bertz CT molecular complexity index is 570. The molecule has 15 heavy (non-hydrogen) atoms. The highest BCUT2D eigenvalue weighted by Crippen LogP contribution is 2.23. The van der Waals surface area contributed by atoms with Crippen LogP contribution in [0.25, 0.3) is 11.0 Å². The molecule has 0 atom stereocenters. The van der Waals surface area contributed by atoms with Gasteiger partial charge in [0.15, 0.2) is 0 Å². The molecule has 0 fully saturated rings. The Morgan fingerprint density at radius 2 is 2.13 bits per heavy atom. The van der Waals surface area contributed by atoms with Crippen LogP contribution >= 0.6 is 11.6 Å². The maximum absolute atomic E-state index is 11.3. The average Bonchev–Trinajstić information content (AvgIpc) is 2.26. The van der Waals surface area contributed by atoms with E-state index < -0.39 is 5.63 Å². The van der Waals surface area contributed by atoms with E-state index in [9.17, 15) is 4.79 Å². The van der Waals surface area contributed by atoms with Gasteiger partial charge < -0.3 is 4.42 Å². The van der Waals surface area contributed by atoms with Crippen molar-refractivity contribution in [3.8, 4) is 0 Å². The Morgan fingerprint density at radius 1 is 1.40 bits per heavy atom. The van der Waals surface area contributed by atoms with Crippen LogP contribution in [0.5, 0.6) is 0 Å². The fraction of sp³-hybridized carbons (Fsp3) is 0.250. The van der Waals surface area contributed by atoms with Crippen LogP contribution in [-0.4, -0.2) is 0 Å². The molecule has 0 unspecified atom stereocenters. The van der Waals surface area contributed by atoms with Crippen LogP contribution in [-0.2, 0) is 6.42 Å². The van der Waals surface area contributed by atoms with Crippen LogP contribution in [0.4, 0.5) is 0 Å². The molecule has 0 saturated heterocycles. The standard InChI is InChI=1S/C12H11ClO2/c1-3-8-4-5-10-9(6-8)7(2)11(13)12(14)15-10/h4-6H,3H2,1-2H3. The van der Waals surface area contributed by atoms with Crippen LogP contribution < -0.4 is 5.63 Å². The van der Waals surface area contributed by atoms with Crippen molar-refractivity contribution in [2.75, 3.05) is 0 Å². The zero-order valence-corrected chi connectivity index (χ0v) is 9.39. The quantitative estimate of drug-likeness (QED) is 0.693. The van der Waals surface area contributed by atoms with Crippen LogP contribution in [0.3, 0.4) is 0 Å². The first-order chi connectivity index (χ1) is 7.13. The van der Waals surface area contributed by atoms with Gasteiger partial charge in [-0.05, 0) is 36.6 Å². The predicted molar refractivity (Wildman–Crippen MR) is 61.6 cm³/mol. The molecule has 3 heteroatoms. The van der Waals surface area contributed by atoms with Gasteiger partial charge in [0.2, 0.25) is 0 Å². The van der Waals surface area contributed by atoms with Crippen LogP contribution in [0.1, 0.15) is 18.1 Å². The zero-order chi connectivity index (χ0) is 11.0. The summed E-state index contributed by atoms with van der Waals surface area (Å²) in [5, 5.41) is 1.09. The molecule has 0 bridgehead atoms. The summed E-state index contributed by atoms with van der Waals surface area (Å²) in [5.74, 6) is 0. The van der Waals surface area contributed by atoms with Crippen LogP contribution in [0, 0.1) is 6.92 Å². The first-order valence-corrected chi connectivity index (χ1v) is 5.23. The number of aryl methyl sites for hydroxylation is 2. The Labute approximate surface area is 92.5 Å². The molecule has 0 radical (unpaired) electrons. The van der Waals surface area contributed by atoms with E-state index in [1.165, 1.54) is 5.56 Å². The van der Waals surface area contributed by atoms with Crippen molar-refractivity contribution in [3.05, 3.63) is 44.8 Å². The van der Waals surface area contributed by atoms with Gasteiger partial charge in [-0.2, -0.15) is 0 Å². The van der Waals surface area contributed by atoms with Gasteiger partial charge in [0.05, 0.1) is 0 Å². The molecule has 1 heterocycles. The SMILES string of the molecule is CCc1ccc2oc(=O)c(Cl)c(C)c2c1. The molecular formula is C12H11ClO2. The minimum atomic E-state index is -0.467. The summed E-state index contributed by atoms with van der Waals surface area (Å²) in [6.07, 6.45) is 0.951. The third kappa shape index (κ3) is 1.65. The molecule has 2 nitrogen and oxygen atoms in total. The third-order valence-corrected chi connectivity index (χ3v) is 3.01. The minimum absolute atomic E-state index is 0.177. The predicted octanol–water partition coefficient (Wildman–Crippen LogP) is 3.32. The Morgan fingerprint density at radius 3 is 2.80 bits per heavy atom.